The molecule has 0 saturated carbocycles. The number of fused-ring (bicyclic) bond motifs is 1. The molecule has 0 bridgehead atoms. The van der Waals surface area contributed by atoms with Crippen molar-refractivity contribution in [1.29, 1.82) is 0 Å². The van der Waals surface area contributed by atoms with Gasteiger partial charge in [-0.2, -0.15) is 0 Å². The predicted octanol–water partition coefficient (Wildman–Crippen LogP) is 3.77. The molecule has 4 rings (SSSR count). The number of furan rings is 1. The number of benzene rings is 1. The third-order valence-corrected chi connectivity index (χ3v) is 4.50. The number of amides is 1. The van der Waals surface area contributed by atoms with Gasteiger partial charge >= 0.3 is 0 Å². The maximum absolute atomic E-state index is 13.0. The van der Waals surface area contributed by atoms with Gasteiger partial charge in [0.1, 0.15) is 5.76 Å². The Kier molecular flexibility index (Phi) is 3.69. The minimum atomic E-state index is 0.00502. The molecular formula is C18H19NO4. The summed E-state index contributed by atoms with van der Waals surface area (Å²) in [5, 5.41) is 0. The van der Waals surface area contributed by atoms with Crippen LogP contribution in [0.2, 0.25) is 0 Å². The van der Waals surface area contributed by atoms with E-state index in [1.807, 2.05) is 17.0 Å². The molecule has 0 radical (unpaired) electrons. The summed E-state index contributed by atoms with van der Waals surface area (Å²) in [6, 6.07) is 9.22. The first kappa shape index (κ1) is 14.2. The zero-order chi connectivity index (χ0) is 15.6. The van der Waals surface area contributed by atoms with Crippen LogP contribution in [0.3, 0.4) is 0 Å². The highest BCUT2D eigenvalue weighted by Crippen LogP contribution is 2.35. The fraction of sp³-hybridized carbons (Fsp3) is 0.389. The first-order chi connectivity index (χ1) is 11.3. The van der Waals surface area contributed by atoms with Gasteiger partial charge in [-0.15, -0.1) is 0 Å². The lowest BCUT2D eigenvalue weighted by atomic mass is 10.1. The van der Waals surface area contributed by atoms with E-state index in [1.54, 1.807) is 24.5 Å². The lowest BCUT2D eigenvalue weighted by molar-refractivity contribution is 0.0658. The number of carbonyl (C=O) groups is 1. The summed E-state index contributed by atoms with van der Waals surface area (Å²) in [5.74, 6) is 2.22. The van der Waals surface area contributed by atoms with Crippen molar-refractivity contribution in [3.8, 4) is 11.5 Å². The summed E-state index contributed by atoms with van der Waals surface area (Å²) >= 11 is 0. The fourth-order valence-corrected chi connectivity index (χ4v) is 3.32. The normalized spacial score (nSPS) is 20.3. The number of carbonyl (C=O) groups excluding carboxylic acids is 1. The van der Waals surface area contributed by atoms with Gasteiger partial charge < -0.3 is 18.8 Å². The highest BCUT2D eigenvalue weighted by Gasteiger charge is 2.30. The first-order valence-corrected chi connectivity index (χ1v) is 8.07. The van der Waals surface area contributed by atoms with Crippen LogP contribution in [-0.4, -0.2) is 24.1 Å². The van der Waals surface area contributed by atoms with E-state index in [0.717, 1.165) is 38.0 Å². The Bertz CT molecular complexity index is 695. The third kappa shape index (κ3) is 2.67. The average molecular weight is 313 g/mol. The van der Waals surface area contributed by atoms with Crippen molar-refractivity contribution in [2.45, 2.75) is 31.7 Å². The number of hydrogen-bond acceptors (Lipinski definition) is 4. The number of nitrogens with zero attached hydrogens (tertiary/aromatic N) is 1. The average Bonchev–Trinajstić information content (AvgIpc) is 3.21. The molecule has 1 atom stereocenters. The van der Waals surface area contributed by atoms with Crippen LogP contribution in [0.4, 0.5) is 0 Å². The molecule has 2 aromatic rings. The Balaban J connectivity index is 1.64. The summed E-state index contributed by atoms with van der Waals surface area (Å²) in [4.78, 5) is 15.0. The number of hydrogen-bond donors (Lipinski definition) is 0. The van der Waals surface area contributed by atoms with Gasteiger partial charge in [0.2, 0.25) is 6.79 Å². The second-order valence-corrected chi connectivity index (χ2v) is 5.95. The molecule has 1 amide bonds. The molecule has 120 valence electrons. The van der Waals surface area contributed by atoms with Crippen LogP contribution >= 0.6 is 0 Å². The van der Waals surface area contributed by atoms with Crippen LogP contribution < -0.4 is 9.47 Å². The largest absolute Gasteiger partial charge is 0.467 e. The topological polar surface area (TPSA) is 51.9 Å². The van der Waals surface area contributed by atoms with Crippen molar-refractivity contribution in [3.05, 3.63) is 47.9 Å². The molecule has 0 aliphatic carbocycles. The van der Waals surface area contributed by atoms with Crippen LogP contribution in [0.1, 0.15) is 47.8 Å². The van der Waals surface area contributed by atoms with Gasteiger partial charge in [0.15, 0.2) is 11.5 Å². The van der Waals surface area contributed by atoms with Gasteiger partial charge in [-0.05, 0) is 43.2 Å². The van der Waals surface area contributed by atoms with E-state index in [9.17, 15) is 4.79 Å². The molecule has 2 aliphatic heterocycles. The van der Waals surface area contributed by atoms with Crippen molar-refractivity contribution in [2.75, 3.05) is 13.3 Å². The summed E-state index contributed by atoms with van der Waals surface area (Å²) in [6.45, 7) is 0.963. The van der Waals surface area contributed by atoms with Crippen molar-refractivity contribution in [1.82, 2.24) is 4.90 Å². The smallest absolute Gasteiger partial charge is 0.254 e. The van der Waals surface area contributed by atoms with E-state index >= 15 is 0 Å². The second-order valence-electron chi connectivity index (χ2n) is 5.95. The monoisotopic (exact) mass is 313 g/mol. The Morgan fingerprint density at radius 2 is 2.00 bits per heavy atom. The molecule has 23 heavy (non-hydrogen) atoms. The van der Waals surface area contributed by atoms with E-state index in [4.69, 9.17) is 13.9 Å². The van der Waals surface area contributed by atoms with E-state index in [1.165, 1.54) is 0 Å². The minimum Gasteiger partial charge on any atom is -0.467 e. The van der Waals surface area contributed by atoms with Gasteiger partial charge in [-0.1, -0.05) is 12.8 Å². The Morgan fingerprint density at radius 1 is 1.09 bits per heavy atom. The Hall–Kier alpha value is -2.43. The molecule has 5 nitrogen and oxygen atoms in total. The van der Waals surface area contributed by atoms with Gasteiger partial charge in [-0.3, -0.25) is 4.79 Å². The summed E-state index contributed by atoms with van der Waals surface area (Å²) in [5.41, 5.74) is 0.632. The SMILES string of the molecule is O=C(c1ccc2c(c1)OCO2)N1CCCCC[C@H]1c1ccco1. The molecule has 1 aromatic heterocycles. The lowest BCUT2D eigenvalue weighted by Crippen LogP contribution is -2.34. The summed E-state index contributed by atoms with van der Waals surface area (Å²) in [6.07, 6.45) is 5.87. The Morgan fingerprint density at radius 3 is 2.87 bits per heavy atom. The van der Waals surface area contributed by atoms with Crippen LogP contribution in [0.5, 0.6) is 11.5 Å². The van der Waals surface area contributed by atoms with Crippen LogP contribution in [0.15, 0.2) is 41.0 Å². The van der Waals surface area contributed by atoms with Gasteiger partial charge in [0.25, 0.3) is 5.91 Å². The maximum atomic E-state index is 13.0. The molecule has 0 unspecified atom stereocenters. The van der Waals surface area contributed by atoms with E-state index in [0.29, 0.717) is 17.1 Å². The fourth-order valence-electron chi connectivity index (χ4n) is 3.32. The van der Waals surface area contributed by atoms with Crippen LogP contribution in [-0.2, 0) is 0 Å². The summed E-state index contributed by atoms with van der Waals surface area (Å²) in [7, 11) is 0. The van der Waals surface area contributed by atoms with Crippen molar-refractivity contribution >= 4 is 5.91 Å². The molecule has 0 spiro atoms. The molecule has 5 heteroatoms. The quantitative estimate of drug-likeness (QED) is 0.847. The maximum Gasteiger partial charge on any atom is 0.254 e. The van der Waals surface area contributed by atoms with E-state index < -0.39 is 0 Å². The van der Waals surface area contributed by atoms with Crippen LogP contribution in [0, 0.1) is 0 Å². The van der Waals surface area contributed by atoms with Crippen molar-refractivity contribution < 1.29 is 18.7 Å². The van der Waals surface area contributed by atoms with Crippen molar-refractivity contribution in [3.63, 3.8) is 0 Å². The first-order valence-electron chi connectivity index (χ1n) is 8.07. The highest BCUT2D eigenvalue weighted by atomic mass is 16.7. The lowest BCUT2D eigenvalue weighted by Gasteiger charge is -2.28. The number of rotatable bonds is 2. The zero-order valence-electron chi connectivity index (χ0n) is 12.9. The molecule has 2 aliphatic rings. The molecule has 3 heterocycles. The van der Waals surface area contributed by atoms with Gasteiger partial charge in [0.05, 0.1) is 12.3 Å². The van der Waals surface area contributed by atoms with Gasteiger partial charge in [-0.25, -0.2) is 0 Å². The van der Waals surface area contributed by atoms with E-state index in [2.05, 4.69) is 0 Å². The molecule has 1 saturated heterocycles. The number of likely N-dealkylation sites (tertiary alicyclic amines) is 1. The van der Waals surface area contributed by atoms with E-state index in [-0.39, 0.29) is 18.7 Å². The number of ether oxygens (including phenoxy) is 2. The summed E-state index contributed by atoms with van der Waals surface area (Å²) < 4.78 is 16.3. The highest BCUT2D eigenvalue weighted by molar-refractivity contribution is 5.95. The predicted molar refractivity (Wildman–Crippen MR) is 83.5 cm³/mol. The van der Waals surface area contributed by atoms with Crippen LogP contribution in [0.25, 0.3) is 0 Å². The standard InChI is InChI=1S/C18H19NO4/c20-18(13-7-8-16-17(11-13)23-12-22-16)19-9-3-1-2-5-14(19)15-6-4-10-21-15/h4,6-8,10-11,14H,1-3,5,9,12H2/t14-/m0/s1. The molecule has 1 aromatic carbocycles. The minimum absolute atomic E-state index is 0.00502. The van der Waals surface area contributed by atoms with Crippen molar-refractivity contribution in [2.24, 2.45) is 0 Å². The van der Waals surface area contributed by atoms with Gasteiger partial charge in [0, 0.05) is 12.1 Å². The molecule has 0 N–H and O–H groups in total. The third-order valence-electron chi connectivity index (χ3n) is 4.50. The molecular weight excluding hydrogens is 294 g/mol. The Labute approximate surface area is 134 Å². The molecule has 1 fully saturated rings. The zero-order valence-corrected chi connectivity index (χ0v) is 12.9. The second kappa shape index (κ2) is 5.99.